The fourth-order valence-corrected chi connectivity index (χ4v) is 2.73. The lowest BCUT2D eigenvalue weighted by atomic mass is 10.2. The quantitative estimate of drug-likeness (QED) is 0.489. The molecule has 0 radical (unpaired) electrons. The van der Waals surface area contributed by atoms with Crippen molar-refractivity contribution in [3.63, 3.8) is 0 Å². The highest BCUT2D eigenvalue weighted by Gasteiger charge is 2.14. The summed E-state index contributed by atoms with van der Waals surface area (Å²) in [6.07, 6.45) is 1.40. The van der Waals surface area contributed by atoms with Crippen LogP contribution >= 0.6 is 11.6 Å². The van der Waals surface area contributed by atoms with Crippen LogP contribution in [0, 0.1) is 10.1 Å². The number of hydrogen-bond donors (Lipinski definition) is 2. The molecule has 0 atom stereocenters. The molecule has 0 aliphatic carbocycles. The minimum Gasteiger partial charge on any atom is -0.310 e. The SMILES string of the molecule is O=C(NNc1ccccc1[N+](=O)[O-])c1ccc(=O)n(Cc2ccccc2Cl)c1. The van der Waals surface area contributed by atoms with Crippen LogP contribution in [0.5, 0.6) is 0 Å². The largest absolute Gasteiger partial charge is 0.310 e. The van der Waals surface area contributed by atoms with Crippen molar-refractivity contribution in [2.75, 3.05) is 5.43 Å². The Kier molecular flexibility index (Phi) is 5.71. The second-order valence-corrected chi connectivity index (χ2v) is 6.24. The highest BCUT2D eigenvalue weighted by Crippen LogP contribution is 2.22. The van der Waals surface area contributed by atoms with E-state index >= 15 is 0 Å². The van der Waals surface area contributed by atoms with Gasteiger partial charge in [0.25, 0.3) is 17.2 Å². The molecule has 0 aliphatic rings. The highest BCUT2D eigenvalue weighted by molar-refractivity contribution is 6.31. The minimum absolute atomic E-state index is 0.144. The van der Waals surface area contributed by atoms with Gasteiger partial charge in [0.15, 0.2) is 0 Å². The molecule has 9 heteroatoms. The molecule has 0 fully saturated rings. The molecule has 0 bridgehead atoms. The molecular formula is C19H15ClN4O4. The van der Waals surface area contributed by atoms with Crippen LogP contribution in [0.15, 0.2) is 71.7 Å². The number of nitrogens with zero attached hydrogens (tertiary/aromatic N) is 2. The Hall–Kier alpha value is -3.65. The Bertz CT molecular complexity index is 1100. The summed E-state index contributed by atoms with van der Waals surface area (Å²) in [7, 11) is 0. The smallest absolute Gasteiger partial charge is 0.294 e. The van der Waals surface area contributed by atoms with E-state index < -0.39 is 10.8 Å². The van der Waals surface area contributed by atoms with Gasteiger partial charge >= 0.3 is 0 Å². The molecule has 1 aromatic heterocycles. The fraction of sp³-hybridized carbons (Fsp3) is 0.0526. The summed E-state index contributed by atoms with van der Waals surface area (Å²) >= 11 is 6.13. The molecule has 3 aromatic rings. The van der Waals surface area contributed by atoms with Crippen LogP contribution in [0.4, 0.5) is 11.4 Å². The molecule has 1 heterocycles. The van der Waals surface area contributed by atoms with Gasteiger partial charge in [-0.25, -0.2) is 0 Å². The number of para-hydroxylation sites is 2. The maximum absolute atomic E-state index is 12.4. The Balaban J connectivity index is 1.77. The lowest BCUT2D eigenvalue weighted by Gasteiger charge is -2.11. The summed E-state index contributed by atoms with van der Waals surface area (Å²) in [5, 5.41) is 11.5. The van der Waals surface area contributed by atoms with Crippen molar-refractivity contribution in [3.8, 4) is 0 Å². The second-order valence-electron chi connectivity index (χ2n) is 5.83. The lowest BCUT2D eigenvalue weighted by Crippen LogP contribution is -2.31. The molecule has 2 aromatic carbocycles. The number of carbonyl (C=O) groups excluding carboxylic acids is 1. The number of nitrogens with one attached hydrogen (secondary N) is 2. The predicted octanol–water partition coefficient (Wildman–Crippen LogP) is 3.22. The fourth-order valence-electron chi connectivity index (χ4n) is 2.53. The zero-order valence-corrected chi connectivity index (χ0v) is 15.2. The van der Waals surface area contributed by atoms with Gasteiger partial charge in [-0.05, 0) is 23.8 Å². The Morgan fingerprint density at radius 1 is 1.07 bits per heavy atom. The molecule has 0 spiro atoms. The standard InChI is InChI=1S/C19H15ClN4O4/c20-15-6-2-1-5-13(15)11-23-12-14(9-10-18(23)25)19(26)22-21-16-7-3-4-8-17(16)24(27)28/h1-10,12,21H,11H2,(H,22,26). The van der Waals surface area contributed by atoms with Gasteiger partial charge in [-0.3, -0.25) is 30.6 Å². The predicted molar refractivity (Wildman–Crippen MR) is 105 cm³/mol. The Labute approximate surface area is 164 Å². The van der Waals surface area contributed by atoms with E-state index in [1.807, 2.05) is 0 Å². The van der Waals surface area contributed by atoms with Gasteiger partial charge in [0, 0.05) is 23.4 Å². The van der Waals surface area contributed by atoms with Gasteiger partial charge in [0.2, 0.25) is 0 Å². The maximum Gasteiger partial charge on any atom is 0.294 e. The number of nitro groups is 1. The summed E-state index contributed by atoms with van der Waals surface area (Å²) in [4.78, 5) is 35.0. The summed E-state index contributed by atoms with van der Waals surface area (Å²) in [5.41, 5.74) is 5.56. The molecular weight excluding hydrogens is 384 g/mol. The van der Waals surface area contributed by atoms with E-state index in [1.54, 1.807) is 30.3 Å². The summed E-state index contributed by atoms with van der Waals surface area (Å²) in [6.45, 7) is 0.206. The molecule has 0 unspecified atom stereocenters. The first kappa shape index (κ1) is 19.1. The van der Waals surface area contributed by atoms with Crippen molar-refractivity contribution in [2.45, 2.75) is 6.54 Å². The van der Waals surface area contributed by atoms with Crippen molar-refractivity contribution in [2.24, 2.45) is 0 Å². The first-order valence-corrected chi connectivity index (χ1v) is 8.57. The van der Waals surface area contributed by atoms with Crippen LogP contribution < -0.4 is 16.4 Å². The number of pyridine rings is 1. The number of carbonyl (C=O) groups is 1. The number of benzene rings is 2. The third-order valence-electron chi connectivity index (χ3n) is 3.96. The van der Waals surface area contributed by atoms with Crippen molar-refractivity contribution in [3.05, 3.63) is 103 Å². The topological polar surface area (TPSA) is 106 Å². The Morgan fingerprint density at radius 3 is 2.54 bits per heavy atom. The number of amides is 1. The van der Waals surface area contributed by atoms with Gasteiger partial charge in [-0.2, -0.15) is 0 Å². The molecule has 8 nitrogen and oxygen atoms in total. The van der Waals surface area contributed by atoms with Gasteiger partial charge in [0.1, 0.15) is 5.69 Å². The molecule has 0 saturated heterocycles. The van der Waals surface area contributed by atoms with Crippen LogP contribution in [-0.2, 0) is 6.54 Å². The Morgan fingerprint density at radius 2 is 1.79 bits per heavy atom. The number of anilines is 1. The van der Waals surface area contributed by atoms with Gasteiger partial charge < -0.3 is 4.57 Å². The van der Waals surface area contributed by atoms with Crippen LogP contribution in [0.25, 0.3) is 0 Å². The number of nitro benzene ring substituents is 1. The third-order valence-corrected chi connectivity index (χ3v) is 4.32. The van der Waals surface area contributed by atoms with E-state index in [4.69, 9.17) is 11.6 Å². The number of hydrogen-bond acceptors (Lipinski definition) is 5. The normalized spacial score (nSPS) is 10.3. The monoisotopic (exact) mass is 398 g/mol. The summed E-state index contributed by atoms with van der Waals surface area (Å²) in [5.74, 6) is -0.550. The molecule has 0 aliphatic heterocycles. The second kappa shape index (κ2) is 8.36. The van der Waals surface area contributed by atoms with Gasteiger partial charge in [-0.15, -0.1) is 0 Å². The van der Waals surface area contributed by atoms with E-state index in [2.05, 4.69) is 10.9 Å². The molecule has 3 rings (SSSR count). The number of halogens is 1. The lowest BCUT2D eigenvalue weighted by molar-refractivity contribution is -0.384. The van der Waals surface area contributed by atoms with Gasteiger partial charge in [0.05, 0.1) is 17.0 Å². The first-order chi connectivity index (χ1) is 13.5. The minimum atomic E-state index is -0.557. The van der Waals surface area contributed by atoms with Crippen molar-refractivity contribution in [1.82, 2.24) is 9.99 Å². The molecule has 0 saturated carbocycles. The van der Waals surface area contributed by atoms with E-state index in [0.717, 1.165) is 5.56 Å². The van der Waals surface area contributed by atoms with Crippen molar-refractivity contribution >= 4 is 28.9 Å². The summed E-state index contributed by atoms with van der Waals surface area (Å²) in [6, 6.07) is 15.7. The number of hydrazine groups is 1. The average Bonchev–Trinajstić information content (AvgIpc) is 2.69. The summed E-state index contributed by atoms with van der Waals surface area (Å²) < 4.78 is 1.36. The average molecular weight is 399 g/mol. The van der Waals surface area contributed by atoms with Crippen LogP contribution in [0.1, 0.15) is 15.9 Å². The van der Waals surface area contributed by atoms with Crippen LogP contribution in [-0.4, -0.2) is 15.4 Å². The molecule has 28 heavy (non-hydrogen) atoms. The highest BCUT2D eigenvalue weighted by atomic mass is 35.5. The molecule has 2 N–H and O–H groups in total. The zero-order valence-electron chi connectivity index (χ0n) is 14.5. The van der Waals surface area contributed by atoms with E-state index in [0.29, 0.717) is 5.02 Å². The van der Waals surface area contributed by atoms with Gasteiger partial charge in [-0.1, -0.05) is 41.9 Å². The zero-order chi connectivity index (χ0) is 20.1. The molecule has 142 valence electrons. The van der Waals surface area contributed by atoms with Crippen molar-refractivity contribution in [1.29, 1.82) is 0 Å². The van der Waals surface area contributed by atoms with Crippen LogP contribution in [0.3, 0.4) is 0 Å². The number of aromatic nitrogens is 1. The van der Waals surface area contributed by atoms with Crippen molar-refractivity contribution < 1.29 is 9.72 Å². The van der Waals surface area contributed by atoms with E-state index in [9.17, 15) is 19.7 Å². The van der Waals surface area contributed by atoms with Crippen LogP contribution in [0.2, 0.25) is 5.02 Å². The molecule has 1 amide bonds. The van der Waals surface area contributed by atoms with E-state index in [-0.39, 0.29) is 29.0 Å². The number of rotatable bonds is 6. The third kappa shape index (κ3) is 4.36. The van der Waals surface area contributed by atoms with E-state index in [1.165, 1.54) is 41.1 Å². The maximum atomic E-state index is 12.4. The first-order valence-electron chi connectivity index (χ1n) is 8.19.